The number of rotatable bonds is 6. The molecule has 126 valence electrons. The molecule has 23 heavy (non-hydrogen) atoms. The van der Waals surface area contributed by atoms with Gasteiger partial charge in [-0.25, -0.2) is 0 Å². The molecule has 0 radical (unpaired) electrons. The molecule has 2 fully saturated rings. The van der Waals surface area contributed by atoms with Crippen molar-refractivity contribution in [2.24, 2.45) is 0 Å². The normalized spacial score (nSPS) is 23.0. The number of hydrogen-bond acceptors (Lipinski definition) is 4. The fourth-order valence-electron chi connectivity index (χ4n) is 3.25. The molecule has 5 nitrogen and oxygen atoms in total. The maximum atomic E-state index is 11.9. The fourth-order valence-corrected chi connectivity index (χ4v) is 3.25. The van der Waals surface area contributed by atoms with E-state index in [-0.39, 0.29) is 12.0 Å². The van der Waals surface area contributed by atoms with E-state index in [0.29, 0.717) is 0 Å². The monoisotopic (exact) mass is 317 g/mol. The highest BCUT2D eigenvalue weighted by molar-refractivity contribution is 5.80. The van der Waals surface area contributed by atoms with Crippen LogP contribution in [0.5, 0.6) is 0 Å². The first-order valence-electron chi connectivity index (χ1n) is 8.69. The number of ether oxygens (including phenoxy) is 1. The number of nitrogens with zero attached hydrogens (tertiary/aromatic N) is 2. The number of carbonyl (C=O) groups is 1. The largest absolute Gasteiger partial charge is 0.368 e. The van der Waals surface area contributed by atoms with Gasteiger partial charge in [-0.15, -0.1) is 0 Å². The zero-order valence-electron chi connectivity index (χ0n) is 13.7. The zero-order chi connectivity index (χ0) is 15.9. The van der Waals surface area contributed by atoms with Gasteiger partial charge in [-0.2, -0.15) is 0 Å². The predicted molar refractivity (Wildman–Crippen MR) is 90.1 cm³/mol. The molecule has 1 atom stereocenters. The molecule has 0 spiro atoms. The lowest BCUT2D eigenvalue weighted by atomic mass is 10.2. The van der Waals surface area contributed by atoms with Crippen molar-refractivity contribution in [3.05, 3.63) is 35.9 Å². The Balaban J connectivity index is 1.31. The van der Waals surface area contributed by atoms with Crippen LogP contribution in [0.1, 0.15) is 18.4 Å². The van der Waals surface area contributed by atoms with Gasteiger partial charge < -0.3 is 10.1 Å². The maximum absolute atomic E-state index is 11.9. The summed E-state index contributed by atoms with van der Waals surface area (Å²) in [6.07, 6.45) is 1.66. The highest BCUT2D eigenvalue weighted by Gasteiger charge is 2.23. The minimum Gasteiger partial charge on any atom is -0.368 e. The molecule has 2 saturated heterocycles. The van der Waals surface area contributed by atoms with Crippen LogP contribution in [0.15, 0.2) is 30.3 Å². The van der Waals surface area contributed by atoms with Gasteiger partial charge in [0.1, 0.15) is 6.10 Å². The van der Waals surface area contributed by atoms with Gasteiger partial charge >= 0.3 is 0 Å². The number of amides is 1. The minimum absolute atomic E-state index is 0.0604. The van der Waals surface area contributed by atoms with E-state index in [1.54, 1.807) is 0 Å². The molecule has 0 aromatic heterocycles. The van der Waals surface area contributed by atoms with E-state index >= 15 is 0 Å². The van der Waals surface area contributed by atoms with Crippen LogP contribution in [0.2, 0.25) is 0 Å². The van der Waals surface area contributed by atoms with E-state index in [4.69, 9.17) is 4.74 Å². The second-order valence-electron chi connectivity index (χ2n) is 6.40. The van der Waals surface area contributed by atoms with Gasteiger partial charge in [0.05, 0.1) is 0 Å². The first-order valence-corrected chi connectivity index (χ1v) is 8.69. The molecule has 1 aromatic carbocycles. The second-order valence-corrected chi connectivity index (χ2v) is 6.40. The quantitative estimate of drug-likeness (QED) is 0.853. The molecule has 1 aromatic rings. The average Bonchev–Trinajstić information content (AvgIpc) is 3.12. The van der Waals surface area contributed by atoms with Crippen molar-refractivity contribution in [3.63, 3.8) is 0 Å². The summed E-state index contributed by atoms with van der Waals surface area (Å²) in [4.78, 5) is 16.8. The minimum atomic E-state index is -0.210. The van der Waals surface area contributed by atoms with Crippen molar-refractivity contribution >= 4 is 5.91 Å². The molecular formula is C18H27N3O2. The van der Waals surface area contributed by atoms with E-state index in [1.807, 2.05) is 0 Å². The Bertz CT molecular complexity index is 480. The Morgan fingerprint density at radius 2 is 1.87 bits per heavy atom. The summed E-state index contributed by atoms with van der Waals surface area (Å²) in [6.45, 7) is 7.73. The van der Waals surface area contributed by atoms with Crippen LogP contribution >= 0.6 is 0 Å². The molecule has 1 N–H and O–H groups in total. The summed E-state index contributed by atoms with van der Waals surface area (Å²) in [5.74, 6) is 0.0604. The van der Waals surface area contributed by atoms with Crippen molar-refractivity contribution in [1.29, 1.82) is 0 Å². The topological polar surface area (TPSA) is 44.8 Å². The Kier molecular flexibility index (Phi) is 6.02. The van der Waals surface area contributed by atoms with Crippen LogP contribution < -0.4 is 5.32 Å². The summed E-state index contributed by atoms with van der Waals surface area (Å²) in [6, 6.07) is 10.6. The van der Waals surface area contributed by atoms with Crippen molar-refractivity contribution in [2.45, 2.75) is 25.5 Å². The van der Waals surface area contributed by atoms with Crippen molar-refractivity contribution in [3.8, 4) is 0 Å². The van der Waals surface area contributed by atoms with Gasteiger partial charge in [0.25, 0.3) is 0 Å². The lowest BCUT2D eigenvalue weighted by molar-refractivity contribution is -0.130. The molecule has 0 unspecified atom stereocenters. The van der Waals surface area contributed by atoms with E-state index in [0.717, 1.165) is 65.3 Å². The van der Waals surface area contributed by atoms with E-state index in [2.05, 4.69) is 45.4 Å². The van der Waals surface area contributed by atoms with Crippen molar-refractivity contribution in [2.75, 3.05) is 45.9 Å². The van der Waals surface area contributed by atoms with Crippen LogP contribution in [0.25, 0.3) is 0 Å². The van der Waals surface area contributed by atoms with Crippen LogP contribution in [0.3, 0.4) is 0 Å². The Labute approximate surface area is 138 Å². The third kappa shape index (κ3) is 5.03. The Morgan fingerprint density at radius 3 is 2.57 bits per heavy atom. The lowest BCUT2D eigenvalue weighted by Gasteiger charge is -2.34. The van der Waals surface area contributed by atoms with Crippen molar-refractivity contribution in [1.82, 2.24) is 15.1 Å². The molecule has 2 aliphatic rings. The van der Waals surface area contributed by atoms with E-state index in [1.165, 1.54) is 5.56 Å². The van der Waals surface area contributed by atoms with Crippen molar-refractivity contribution < 1.29 is 9.53 Å². The molecule has 1 amide bonds. The smallest absolute Gasteiger partial charge is 0.249 e. The Morgan fingerprint density at radius 1 is 1.13 bits per heavy atom. The number of hydrogen-bond donors (Lipinski definition) is 1. The predicted octanol–water partition coefficient (Wildman–Crippen LogP) is 1.10. The molecule has 0 saturated carbocycles. The van der Waals surface area contributed by atoms with E-state index < -0.39 is 0 Å². The van der Waals surface area contributed by atoms with Crippen LogP contribution in [-0.2, 0) is 16.1 Å². The number of nitrogens with one attached hydrogen (secondary N) is 1. The number of carbonyl (C=O) groups excluding carboxylic acids is 1. The summed E-state index contributed by atoms with van der Waals surface area (Å²) in [5.41, 5.74) is 1.38. The molecular weight excluding hydrogens is 290 g/mol. The van der Waals surface area contributed by atoms with E-state index in [9.17, 15) is 4.79 Å². The van der Waals surface area contributed by atoms with Gasteiger partial charge in [0.15, 0.2) is 0 Å². The third-order valence-electron chi connectivity index (χ3n) is 4.66. The zero-order valence-corrected chi connectivity index (χ0v) is 13.7. The summed E-state index contributed by atoms with van der Waals surface area (Å²) in [5, 5.41) is 3.00. The van der Waals surface area contributed by atoms with Crippen LogP contribution in [0.4, 0.5) is 0 Å². The summed E-state index contributed by atoms with van der Waals surface area (Å²) < 4.78 is 5.40. The molecule has 2 aliphatic heterocycles. The molecule has 5 heteroatoms. The summed E-state index contributed by atoms with van der Waals surface area (Å²) >= 11 is 0. The van der Waals surface area contributed by atoms with Gasteiger partial charge in [-0.3, -0.25) is 14.6 Å². The maximum Gasteiger partial charge on any atom is 0.249 e. The van der Waals surface area contributed by atoms with Crippen LogP contribution in [0, 0.1) is 0 Å². The summed E-state index contributed by atoms with van der Waals surface area (Å²) in [7, 11) is 0. The molecule has 0 aliphatic carbocycles. The van der Waals surface area contributed by atoms with Gasteiger partial charge in [0.2, 0.25) is 5.91 Å². The Hall–Kier alpha value is -1.43. The van der Waals surface area contributed by atoms with Crippen LogP contribution in [-0.4, -0.2) is 67.7 Å². The average molecular weight is 317 g/mol. The highest BCUT2D eigenvalue weighted by atomic mass is 16.5. The second kappa shape index (κ2) is 8.43. The number of piperazine rings is 1. The number of benzene rings is 1. The van der Waals surface area contributed by atoms with Gasteiger partial charge in [-0.05, 0) is 18.4 Å². The molecule has 3 rings (SSSR count). The fraction of sp³-hybridized carbons (Fsp3) is 0.611. The van der Waals surface area contributed by atoms with Gasteiger partial charge in [-0.1, -0.05) is 30.3 Å². The highest BCUT2D eigenvalue weighted by Crippen LogP contribution is 2.11. The first kappa shape index (κ1) is 16.4. The van der Waals surface area contributed by atoms with Gasteiger partial charge in [0, 0.05) is 52.4 Å². The SMILES string of the molecule is O=C(NCCN1CCN(Cc2ccccc2)CC1)[C@@H]1CCCO1. The standard InChI is InChI=1S/C18H27N3O2/c22-18(17-7-4-14-23-17)19-8-9-20-10-12-21(13-11-20)15-16-5-2-1-3-6-16/h1-3,5-6,17H,4,7-15H2,(H,19,22)/t17-/m0/s1. The molecule has 0 bridgehead atoms. The molecule has 2 heterocycles. The first-order chi connectivity index (χ1) is 11.3. The lowest BCUT2D eigenvalue weighted by Crippen LogP contribution is -2.48. The third-order valence-corrected chi connectivity index (χ3v) is 4.66.